The normalized spacial score (nSPS) is 10.3. The first kappa shape index (κ1) is 18.1. The Morgan fingerprint density at radius 1 is 1.12 bits per heavy atom. The number of hydrogen-bond acceptors (Lipinski definition) is 2. The van der Waals surface area contributed by atoms with Gasteiger partial charge in [-0.3, -0.25) is 0 Å². The van der Waals surface area contributed by atoms with Crippen molar-refractivity contribution in [1.29, 1.82) is 0 Å². The smallest absolute Gasteiger partial charge is 0.317 e. The second kappa shape index (κ2) is 8.55. The molecule has 0 aliphatic rings. The Hall–Kier alpha value is -2.27. The first-order chi connectivity index (χ1) is 11.5. The fourth-order valence-electron chi connectivity index (χ4n) is 2.21. The molecule has 0 aliphatic carbocycles. The van der Waals surface area contributed by atoms with E-state index in [4.69, 9.17) is 16.3 Å². The Kier molecular flexibility index (Phi) is 6.44. The monoisotopic (exact) mass is 350 g/mol. The van der Waals surface area contributed by atoms with E-state index in [0.717, 1.165) is 16.7 Å². The predicted octanol–water partition coefficient (Wildman–Crippen LogP) is 3.97. The zero-order chi connectivity index (χ0) is 17.5. The van der Waals surface area contributed by atoms with Gasteiger partial charge in [0.15, 0.2) is 6.73 Å². The molecule has 0 bridgehead atoms. The average Bonchev–Trinajstić information content (AvgIpc) is 2.54. The summed E-state index contributed by atoms with van der Waals surface area (Å²) in [5.41, 5.74) is 2.81. The van der Waals surface area contributed by atoms with Crippen molar-refractivity contribution in [3.8, 4) is 5.75 Å². The summed E-state index contributed by atoms with van der Waals surface area (Å²) in [5.74, 6) is 0.385. The summed E-state index contributed by atoms with van der Waals surface area (Å²) < 4.78 is 18.3. The molecule has 128 valence electrons. The van der Waals surface area contributed by atoms with Crippen LogP contribution in [0.2, 0.25) is 5.02 Å². The minimum Gasteiger partial charge on any atom is -0.473 e. The van der Waals surface area contributed by atoms with Crippen molar-refractivity contribution in [2.45, 2.75) is 20.3 Å². The Balaban J connectivity index is 1.69. The molecule has 0 radical (unpaired) electrons. The molecule has 0 saturated carbocycles. The summed E-state index contributed by atoms with van der Waals surface area (Å²) in [4.78, 5) is 11.7. The van der Waals surface area contributed by atoms with Crippen LogP contribution in [0.3, 0.4) is 0 Å². The molecule has 0 atom stereocenters. The molecule has 0 saturated heterocycles. The molecule has 2 amide bonds. The zero-order valence-electron chi connectivity index (χ0n) is 13.7. The van der Waals surface area contributed by atoms with Crippen molar-refractivity contribution < 1.29 is 13.9 Å². The van der Waals surface area contributed by atoms with Gasteiger partial charge in [0.25, 0.3) is 0 Å². The van der Waals surface area contributed by atoms with Crippen molar-refractivity contribution in [3.63, 3.8) is 0 Å². The van der Waals surface area contributed by atoms with E-state index in [1.54, 1.807) is 12.1 Å². The third kappa shape index (κ3) is 5.42. The third-order valence-electron chi connectivity index (χ3n) is 3.49. The number of aryl methyl sites for hydroxylation is 2. The van der Waals surface area contributed by atoms with Gasteiger partial charge in [0.05, 0.1) is 0 Å². The van der Waals surface area contributed by atoms with Gasteiger partial charge in [-0.25, -0.2) is 9.18 Å². The van der Waals surface area contributed by atoms with E-state index in [1.807, 2.05) is 26.0 Å². The van der Waals surface area contributed by atoms with Crippen molar-refractivity contribution >= 4 is 17.6 Å². The van der Waals surface area contributed by atoms with Crippen molar-refractivity contribution in [3.05, 3.63) is 63.9 Å². The molecule has 6 heteroatoms. The number of halogens is 2. The molecule has 0 aliphatic heterocycles. The molecule has 4 nitrogen and oxygen atoms in total. The molecule has 24 heavy (non-hydrogen) atoms. The first-order valence-electron chi connectivity index (χ1n) is 7.61. The standard InChI is InChI=1S/C18H20ClFN2O2/c1-12-9-16(10-13(2)17(12)19)24-11-22-18(23)21-8-7-14-3-5-15(20)6-4-14/h3-6,9-10H,7-8,11H2,1-2H3,(H2,21,22,23). The summed E-state index contributed by atoms with van der Waals surface area (Å²) in [6.45, 7) is 4.31. The van der Waals surface area contributed by atoms with E-state index in [-0.39, 0.29) is 18.6 Å². The van der Waals surface area contributed by atoms with Crippen LogP contribution in [-0.2, 0) is 6.42 Å². The van der Waals surface area contributed by atoms with Crippen LogP contribution in [0.5, 0.6) is 5.75 Å². The van der Waals surface area contributed by atoms with Gasteiger partial charge in [0.2, 0.25) is 0 Å². The fraction of sp³-hybridized carbons (Fsp3) is 0.278. The topological polar surface area (TPSA) is 50.4 Å². The Labute approximate surface area is 146 Å². The van der Waals surface area contributed by atoms with Crippen LogP contribution < -0.4 is 15.4 Å². The highest BCUT2D eigenvalue weighted by molar-refractivity contribution is 6.32. The predicted molar refractivity (Wildman–Crippen MR) is 93.1 cm³/mol. The van der Waals surface area contributed by atoms with Gasteiger partial charge >= 0.3 is 6.03 Å². The SMILES string of the molecule is Cc1cc(OCNC(=O)NCCc2ccc(F)cc2)cc(C)c1Cl. The van der Waals surface area contributed by atoms with Gasteiger partial charge < -0.3 is 15.4 Å². The second-order valence-electron chi connectivity index (χ2n) is 5.47. The van der Waals surface area contributed by atoms with Gasteiger partial charge in [-0.1, -0.05) is 23.7 Å². The van der Waals surface area contributed by atoms with Gasteiger partial charge in [-0.05, 0) is 61.2 Å². The van der Waals surface area contributed by atoms with E-state index in [9.17, 15) is 9.18 Å². The van der Waals surface area contributed by atoms with Crippen LogP contribution in [-0.4, -0.2) is 19.3 Å². The second-order valence-corrected chi connectivity index (χ2v) is 5.85. The molecule has 0 aromatic heterocycles. The first-order valence-corrected chi connectivity index (χ1v) is 7.99. The molecule has 0 fully saturated rings. The van der Waals surface area contributed by atoms with Crippen LogP contribution in [0, 0.1) is 19.7 Å². The van der Waals surface area contributed by atoms with E-state index in [2.05, 4.69) is 10.6 Å². The summed E-state index contributed by atoms with van der Waals surface area (Å²) in [5, 5.41) is 6.05. The van der Waals surface area contributed by atoms with E-state index in [1.165, 1.54) is 12.1 Å². The lowest BCUT2D eigenvalue weighted by molar-refractivity contribution is 0.224. The molecular formula is C18H20ClFN2O2. The van der Waals surface area contributed by atoms with Crippen LogP contribution in [0.25, 0.3) is 0 Å². The van der Waals surface area contributed by atoms with Crippen LogP contribution in [0.15, 0.2) is 36.4 Å². The zero-order valence-corrected chi connectivity index (χ0v) is 14.4. The number of hydrogen-bond donors (Lipinski definition) is 2. The quantitative estimate of drug-likeness (QED) is 0.774. The highest BCUT2D eigenvalue weighted by Gasteiger charge is 2.04. The number of benzene rings is 2. The van der Waals surface area contributed by atoms with Gasteiger partial charge in [-0.15, -0.1) is 0 Å². The molecule has 0 spiro atoms. The summed E-state index contributed by atoms with van der Waals surface area (Å²) >= 11 is 6.09. The Morgan fingerprint density at radius 3 is 2.38 bits per heavy atom. The summed E-state index contributed by atoms with van der Waals surface area (Å²) in [7, 11) is 0. The minimum atomic E-state index is -0.320. The number of ether oxygens (including phenoxy) is 1. The average molecular weight is 351 g/mol. The lowest BCUT2D eigenvalue weighted by Gasteiger charge is -2.11. The maximum atomic E-state index is 12.8. The largest absolute Gasteiger partial charge is 0.473 e. The van der Waals surface area contributed by atoms with Crippen molar-refractivity contribution in [2.24, 2.45) is 0 Å². The molecule has 2 aromatic carbocycles. The number of carbonyl (C=O) groups is 1. The highest BCUT2D eigenvalue weighted by atomic mass is 35.5. The lowest BCUT2D eigenvalue weighted by atomic mass is 10.1. The van der Waals surface area contributed by atoms with Gasteiger partial charge in [0.1, 0.15) is 11.6 Å². The molecule has 2 aromatic rings. The van der Waals surface area contributed by atoms with Crippen LogP contribution in [0.4, 0.5) is 9.18 Å². The number of rotatable bonds is 6. The van der Waals surface area contributed by atoms with E-state index in [0.29, 0.717) is 23.7 Å². The van der Waals surface area contributed by atoms with E-state index >= 15 is 0 Å². The molecule has 2 rings (SSSR count). The number of urea groups is 1. The van der Waals surface area contributed by atoms with Crippen molar-refractivity contribution in [1.82, 2.24) is 10.6 Å². The van der Waals surface area contributed by atoms with Gasteiger partial charge in [-0.2, -0.15) is 0 Å². The lowest BCUT2D eigenvalue weighted by Crippen LogP contribution is -2.38. The number of carbonyl (C=O) groups excluding carboxylic acids is 1. The maximum absolute atomic E-state index is 12.8. The Bertz CT molecular complexity index is 682. The minimum absolute atomic E-state index is 0.0584. The summed E-state index contributed by atoms with van der Waals surface area (Å²) in [6, 6.07) is 9.53. The fourth-order valence-corrected chi connectivity index (χ4v) is 2.32. The molecule has 2 N–H and O–H groups in total. The maximum Gasteiger partial charge on any atom is 0.317 e. The van der Waals surface area contributed by atoms with Crippen molar-refractivity contribution in [2.75, 3.05) is 13.3 Å². The highest BCUT2D eigenvalue weighted by Crippen LogP contribution is 2.25. The Morgan fingerprint density at radius 2 is 1.75 bits per heavy atom. The van der Waals surface area contributed by atoms with E-state index < -0.39 is 0 Å². The van der Waals surface area contributed by atoms with Crippen LogP contribution in [0.1, 0.15) is 16.7 Å². The molecular weight excluding hydrogens is 331 g/mol. The third-order valence-corrected chi connectivity index (χ3v) is 4.09. The van der Waals surface area contributed by atoms with Crippen LogP contribution >= 0.6 is 11.6 Å². The van der Waals surface area contributed by atoms with Gasteiger partial charge in [0, 0.05) is 11.6 Å². The molecule has 0 heterocycles. The number of nitrogens with one attached hydrogen (secondary N) is 2. The molecule has 0 unspecified atom stereocenters. The number of amides is 2. The summed E-state index contributed by atoms with van der Waals surface area (Å²) in [6.07, 6.45) is 0.629.